The van der Waals surface area contributed by atoms with E-state index in [0.29, 0.717) is 15.3 Å². The Balaban J connectivity index is 2.43. The Morgan fingerprint density at radius 1 is 1.58 bits per heavy atom. The Labute approximate surface area is 125 Å². The summed E-state index contributed by atoms with van der Waals surface area (Å²) in [5.74, 6) is -1.52. The van der Waals surface area contributed by atoms with Crippen molar-refractivity contribution in [1.82, 2.24) is 9.55 Å². The number of imidazole rings is 1. The highest BCUT2D eigenvalue weighted by Gasteiger charge is 2.14. The van der Waals surface area contributed by atoms with Gasteiger partial charge in [0, 0.05) is 16.9 Å². The molecule has 8 heteroatoms. The monoisotopic (exact) mass is 364 g/mol. The van der Waals surface area contributed by atoms with E-state index in [-0.39, 0.29) is 10.8 Å². The molecule has 0 saturated heterocycles. The molecule has 1 N–H and O–H groups in total. The van der Waals surface area contributed by atoms with Crippen molar-refractivity contribution in [2.45, 2.75) is 5.16 Å². The molecule has 0 fully saturated rings. The van der Waals surface area contributed by atoms with Gasteiger partial charge in [-0.2, -0.15) is 0 Å². The second-order valence-corrected chi connectivity index (χ2v) is 5.68. The smallest absolute Gasteiger partial charge is 0.313 e. The normalized spacial score (nSPS) is 10.7. The molecule has 19 heavy (non-hydrogen) atoms. The Morgan fingerprint density at radius 3 is 2.95 bits per heavy atom. The number of carbonyl (C=O) groups is 1. The van der Waals surface area contributed by atoms with Gasteiger partial charge in [0.25, 0.3) is 0 Å². The first kappa shape index (κ1) is 14.4. The van der Waals surface area contributed by atoms with Crippen LogP contribution >= 0.6 is 39.3 Å². The lowest BCUT2D eigenvalue weighted by molar-refractivity contribution is -0.133. The SMILES string of the molecule is O=C(O)CSc1nccn1-c1c(Cl)cc(F)cc1Br. The molecule has 0 spiro atoms. The summed E-state index contributed by atoms with van der Waals surface area (Å²) in [6, 6.07) is 2.47. The summed E-state index contributed by atoms with van der Waals surface area (Å²) in [4.78, 5) is 14.6. The topological polar surface area (TPSA) is 55.1 Å². The Morgan fingerprint density at radius 2 is 2.32 bits per heavy atom. The minimum Gasteiger partial charge on any atom is -0.481 e. The van der Waals surface area contributed by atoms with Gasteiger partial charge in [0.05, 0.1) is 16.5 Å². The number of hydrogen-bond acceptors (Lipinski definition) is 3. The molecule has 2 aromatic rings. The summed E-state index contributed by atoms with van der Waals surface area (Å²) in [5, 5.41) is 9.36. The molecule has 0 atom stereocenters. The number of carboxylic acids is 1. The quantitative estimate of drug-likeness (QED) is 0.841. The van der Waals surface area contributed by atoms with Crippen molar-refractivity contribution in [2.24, 2.45) is 0 Å². The molecule has 0 radical (unpaired) electrons. The number of hydrogen-bond donors (Lipinski definition) is 1. The van der Waals surface area contributed by atoms with Gasteiger partial charge in [0.1, 0.15) is 5.82 Å². The van der Waals surface area contributed by atoms with E-state index >= 15 is 0 Å². The van der Waals surface area contributed by atoms with Crippen molar-refractivity contribution < 1.29 is 14.3 Å². The lowest BCUT2D eigenvalue weighted by atomic mass is 10.3. The van der Waals surface area contributed by atoms with Gasteiger partial charge in [-0.3, -0.25) is 9.36 Å². The number of thioether (sulfide) groups is 1. The van der Waals surface area contributed by atoms with Crippen molar-refractivity contribution in [3.8, 4) is 5.69 Å². The molecule has 0 aliphatic carbocycles. The van der Waals surface area contributed by atoms with E-state index in [4.69, 9.17) is 16.7 Å². The lowest BCUT2D eigenvalue weighted by Crippen LogP contribution is -2.02. The molecular formula is C11H7BrClFN2O2S. The molecule has 2 rings (SSSR count). The maximum atomic E-state index is 13.2. The summed E-state index contributed by atoms with van der Waals surface area (Å²) in [5.41, 5.74) is 0.522. The fourth-order valence-electron chi connectivity index (χ4n) is 1.46. The summed E-state index contributed by atoms with van der Waals surface area (Å²) >= 11 is 10.3. The number of nitrogens with zero attached hydrogens (tertiary/aromatic N) is 2. The van der Waals surface area contributed by atoms with Crippen LogP contribution in [0.1, 0.15) is 0 Å². The lowest BCUT2D eigenvalue weighted by Gasteiger charge is -2.11. The van der Waals surface area contributed by atoms with Crippen molar-refractivity contribution in [3.05, 3.63) is 39.8 Å². The Bertz CT molecular complexity index is 612. The highest BCUT2D eigenvalue weighted by Crippen LogP contribution is 2.32. The maximum Gasteiger partial charge on any atom is 0.313 e. The fraction of sp³-hybridized carbons (Fsp3) is 0.0909. The molecule has 0 bridgehead atoms. The van der Waals surface area contributed by atoms with Gasteiger partial charge in [-0.1, -0.05) is 23.4 Å². The molecule has 0 aliphatic rings. The van der Waals surface area contributed by atoms with Crippen molar-refractivity contribution in [2.75, 3.05) is 5.75 Å². The molecule has 1 heterocycles. The number of benzene rings is 1. The molecule has 1 aromatic carbocycles. The van der Waals surface area contributed by atoms with E-state index in [1.54, 1.807) is 10.8 Å². The fourth-order valence-corrected chi connectivity index (χ4v) is 3.17. The summed E-state index contributed by atoms with van der Waals surface area (Å²) in [6.07, 6.45) is 3.16. The van der Waals surface area contributed by atoms with Crippen LogP contribution in [0, 0.1) is 5.82 Å². The van der Waals surface area contributed by atoms with Crippen molar-refractivity contribution >= 4 is 45.3 Å². The van der Waals surface area contributed by atoms with Crippen LogP contribution in [0.5, 0.6) is 0 Å². The van der Waals surface area contributed by atoms with E-state index in [2.05, 4.69) is 20.9 Å². The van der Waals surface area contributed by atoms with E-state index < -0.39 is 11.8 Å². The van der Waals surface area contributed by atoms with Gasteiger partial charge in [0.2, 0.25) is 0 Å². The molecule has 0 saturated carbocycles. The van der Waals surface area contributed by atoms with Crippen LogP contribution in [0.2, 0.25) is 5.02 Å². The minimum absolute atomic E-state index is 0.118. The van der Waals surface area contributed by atoms with Crippen LogP contribution in [-0.4, -0.2) is 26.4 Å². The first-order valence-electron chi connectivity index (χ1n) is 5.02. The minimum atomic E-state index is -0.941. The number of rotatable bonds is 4. The van der Waals surface area contributed by atoms with Crippen LogP contribution in [-0.2, 0) is 4.79 Å². The second-order valence-electron chi connectivity index (χ2n) is 3.48. The van der Waals surface area contributed by atoms with Gasteiger partial charge in [-0.05, 0) is 28.1 Å². The van der Waals surface area contributed by atoms with E-state index in [1.807, 2.05) is 0 Å². The first-order valence-corrected chi connectivity index (χ1v) is 7.17. The zero-order valence-corrected chi connectivity index (χ0v) is 12.5. The van der Waals surface area contributed by atoms with E-state index in [0.717, 1.165) is 11.8 Å². The molecular weight excluding hydrogens is 359 g/mol. The zero-order valence-electron chi connectivity index (χ0n) is 9.31. The summed E-state index contributed by atoms with van der Waals surface area (Å²) in [6.45, 7) is 0. The van der Waals surface area contributed by atoms with Gasteiger partial charge >= 0.3 is 5.97 Å². The van der Waals surface area contributed by atoms with Gasteiger partial charge in [-0.15, -0.1) is 0 Å². The van der Waals surface area contributed by atoms with E-state index in [1.165, 1.54) is 18.3 Å². The summed E-state index contributed by atoms with van der Waals surface area (Å²) < 4.78 is 15.3. The standard InChI is InChI=1S/C11H7BrClFN2O2S/c12-7-3-6(14)4-8(13)10(7)16-2-1-15-11(16)19-5-9(17)18/h1-4H,5H2,(H,17,18). The molecule has 0 amide bonds. The Hall–Kier alpha value is -1.05. The third-order valence-electron chi connectivity index (χ3n) is 2.15. The maximum absolute atomic E-state index is 13.2. The first-order chi connectivity index (χ1) is 8.99. The van der Waals surface area contributed by atoms with Crippen LogP contribution in [0.25, 0.3) is 5.69 Å². The number of halogens is 3. The van der Waals surface area contributed by atoms with Crippen LogP contribution in [0.15, 0.2) is 34.2 Å². The zero-order chi connectivity index (χ0) is 14.0. The highest BCUT2D eigenvalue weighted by molar-refractivity contribution is 9.10. The predicted molar refractivity (Wildman–Crippen MR) is 74.6 cm³/mol. The number of aromatic nitrogens is 2. The molecule has 4 nitrogen and oxygen atoms in total. The second kappa shape index (κ2) is 5.94. The molecule has 0 aliphatic heterocycles. The van der Waals surface area contributed by atoms with Gasteiger partial charge in [0.15, 0.2) is 5.16 Å². The Kier molecular flexibility index (Phi) is 4.49. The average Bonchev–Trinajstić information content (AvgIpc) is 2.73. The third-order valence-corrected chi connectivity index (χ3v) is 4.00. The van der Waals surface area contributed by atoms with Crippen molar-refractivity contribution in [3.63, 3.8) is 0 Å². The van der Waals surface area contributed by atoms with E-state index in [9.17, 15) is 9.18 Å². The third kappa shape index (κ3) is 3.29. The van der Waals surface area contributed by atoms with Crippen LogP contribution in [0.4, 0.5) is 4.39 Å². The molecule has 0 unspecified atom stereocenters. The predicted octanol–water partition coefficient (Wildman–Crippen LogP) is 3.60. The largest absolute Gasteiger partial charge is 0.481 e. The van der Waals surface area contributed by atoms with Gasteiger partial charge in [-0.25, -0.2) is 9.37 Å². The molecule has 1 aromatic heterocycles. The number of carboxylic acid groups (broad SMARTS) is 1. The number of aliphatic carboxylic acids is 1. The van der Waals surface area contributed by atoms with Crippen molar-refractivity contribution in [1.29, 1.82) is 0 Å². The summed E-state index contributed by atoms with van der Waals surface area (Å²) in [7, 11) is 0. The highest BCUT2D eigenvalue weighted by atomic mass is 79.9. The average molecular weight is 366 g/mol. The van der Waals surface area contributed by atoms with Crippen LogP contribution in [0.3, 0.4) is 0 Å². The van der Waals surface area contributed by atoms with Gasteiger partial charge < -0.3 is 5.11 Å². The molecule has 100 valence electrons. The van der Waals surface area contributed by atoms with Crippen LogP contribution < -0.4 is 0 Å².